The summed E-state index contributed by atoms with van der Waals surface area (Å²) in [6.07, 6.45) is -0.654. The summed E-state index contributed by atoms with van der Waals surface area (Å²) in [5.74, 6) is -4.33. The summed E-state index contributed by atoms with van der Waals surface area (Å²) >= 11 is 0. The van der Waals surface area contributed by atoms with Crippen LogP contribution in [0.3, 0.4) is 0 Å². The number of ether oxygens (including phenoxy) is 1. The Balaban J connectivity index is 2.83. The van der Waals surface area contributed by atoms with Gasteiger partial charge >= 0.3 is 5.97 Å². The van der Waals surface area contributed by atoms with Gasteiger partial charge in [0, 0.05) is 13.3 Å². The van der Waals surface area contributed by atoms with Gasteiger partial charge in [0.25, 0.3) is 5.92 Å². The van der Waals surface area contributed by atoms with Crippen molar-refractivity contribution in [2.75, 3.05) is 13.7 Å². The number of rotatable bonds is 1. The van der Waals surface area contributed by atoms with Crippen LogP contribution in [-0.2, 0) is 14.3 Å². The van der Waals surface area contributed by atoms with Crippen molar-refractivity contribution in [2.45, 2.75) is 25.3 Å². The Bertz CT molecular complexity index is 267. The Labute approximate surface area is 79.8 Å². The van der Waals surface area contributed by atoms with E-state index in [9.17, 15) is 18.4 Å². The number of carbonyl (C=O) groups is 2. The molecule has 4 nitrogen and oxygen atoms in total. The summed E-state index contributed by atoms with van der Waals surface area (Å²) in [6.45, 7) is 0.444. The van der Waals surface area contributed by atoms with Gasteiger partial charge in [0.1, 0.15) is 6.04 Å². The fourth-order valence-electron chi connectivity index (χ4n) is 1.49. The van der Waals surface area contributed by atoms with E-state index in [0.717, 1.165) is 18.9 Å². The highest BCUT2D eigenvalue weighted by molar-refractivity contribution is 5.84. The Morgan fingerprint density at radius 2 is 2.07 bits per heavy atom. The molecule has 6 heteroatoms. The molecule has 1 fully saturated rings. The second kappa shape index (κ2) is 3.51. The third-order valence-corrected chi connectivity index (χ3v) is 2.15. The van der Waals surface area contributed by atoms with Crippen LogP contribution in [0.5, 0.6) is 0 Å². The maximum Gasteiger partial charge on any atom is 0.328 e. The molecule has 0 aromatic heterocycles. The Hall–Kier alpha value is -1.20. The molecule has 0 radical (unpaired) electrons. The van der Waals surface area contributed by atoms with Crippen molar-refractivity contribution >= 4 is 11.9 Å². The van der Waals surface area contributed by atoms with Crippen LogP contribution in [0.1, 0.15) is 13.3 Å². The van der Waals surface area contributed by atoms with E-state index < -0.39 is 36.8 Å². The SMILES string of the molecule is COC(=O)[C@@H]1CC(F)(F)CN1C(C)=O. The highest BCUT2D eigenvalue weighted by atomic mass is 19.3. The molecular formula is C8H11F2NO3. The number of hydrogen-bond donors (Lipinski definition) is 0. The predicted molar refractivity (Wildman–Crippen MR) is 42.8 cm³/mol. The standard InChI is InChI=1S/C8H11F2NO3/c1-5(12)11-4-8(9,10)3-6(11)7(13)14-2/h6H,3-4H2,1-2H3/t6-/m0/s1. The number of halogens is 2. The Kier molecular flexibility index (Phi) is 2.73. The van der Waals surface area contributed by atoms with Gasteiger partial charge in [0.15, 0.2) is 0 Å². The van der Waals surface area contributed by atoms with Gasteiger partial charge in [-0.3, -0.25) is 4.79 Å². The van der Waals surface area contributed by atoms with Gasteiger partial charge in [-0.2, -0.15) is 0 Å². The van der Waals surface area contributed by atoms with Crippen molar-refractivity contribution in [2.24, 2.45) is 0 Å². The lowest BCUT2D eigenvalue weighted by molar-refractivity contribution is -0.150. The van der Waals surface area contributed by atoms with Crippen molar-refractivity contribution in [3.8, 4) is 0 Å². The first kappa shape index (κ1) is 10.9. The molecule has 0 aromatic rings. The number of amides is 1. The first-order valence-electron chi connectivity index (χ1n) is 4.10. The lowest BCUT2D eigenvalue weighted by Crippen LogP contribution is -2.40. The number of nitrogens with zero attached hydrogens (tertiary/aromatic N) is 1. The van der Waals surface area contributed by atoms with Gasteiger partial charge in [0.2, 0.25) is 5.91 Å². The van der Waals surface area contributed by atoms with E-state index in [1.807, 2.05) is 0 Å². The zero-order chi connectivity index (χ0) is 10.9. The van der Waals surface area contributed by atoms with Crippen molar-refractivity contribution in [3.05, 3.63) is 0 Å². The minimum Gasteiger partial charge on any atom is -0.467 e. The normalized spacial score (nSPS) is 24.9. The average molecular weight is 207 g/mol. The second-order valence-electron chi connectivity index (χ2n) is 3.25. The fraction of sp³-hybridized carbons (Fsp3) is 0.750. The van der Waals surface area contributed by atoms with Gasteiger partial charge in [-0.25, -0.2) is 13.6 Å². The molecule has 1 aliphatic heterocycles. The van der Waals surface area contributed by atoms with E-state index >= 15 is 0 Å². The van der Waals surface area contributed by atoms with Crippen LogP contribution in [0, 0.1) is 0 Å². The molecule has 1 amide bonds. The van der Waals surface area contributed by atoms with Gasteiger partial charge in [-0.1, -0.05) is 0 Å². The highest BCUT2D eigenvalue weighted by Gasteiger charge is 2.49. The van der Waals surface area contributed by atoms with Crippen LogP contribution >= 0.6 is 0 Å². The number of hydrogen-bond acceptors (Lipinski definition) is 3. The largest absolute Gasteiger partial charge is 0.467 e. The van der Waals surface area contributed by atoms with Gasteiger partial charge in [0.05, 0.1) is 13.7 Å². The number of likely N-dealkylation sites (tertiary alicyclic amines) is 1. The van der Waals surface area contributed by atoms with Crippen molar-refractivity contribution in [1.82, 2.24) is 4.90 Å². The summed E-state index contributed by atoms with van der Waals surface area (Å²) in [5, 5.41) is 0. The molecular weight excluding hydrogens is 196 g/mol. The lowest BCUT2D eigenvalue weighted by Gasteiger charge is -2.19. The summed E-state index contributed by atoms with van der Waals surface area (Å²) in [7, 11) is 1.11. The topological polar surface area (TPSA) is 46.6 Å². The van der Waals surface area contributed by atoms with Crippen molar-refractivity contribution < 1.29 is 23.1 Å². The molecule has 0 aliphatic carbocycles. The molecule has 0 aromatic carbocycles. The molecule has 0 bridgehead atoms. The van der Waals surface area contributed by atoms with E-state index in [2.05, 4.69) is 4.74 Å². The number of alkyl halides is 2. The fourth-order valence-corrected chi connectivity index (χ4v) is 1.49. The molecule has 0 saturated carbocycles. The maximum atomic E-state index is 12.9. The Morgan fingerprint density at radius 3 is 2.50 bits per heavy atom. The highest BCUT2D eigenvalue weighted by Crippen LogP contribution is 2.32. The maximum absolute atomic E-state index is 12.9. The molecule has 0 N–H and O–H groups in total. The van der Waals surface area contributed by atoms with Gasteiger partial charge in [-0.05, 0) is 0 Å². The van der Waals surface area contributed by atoms with E-state index in [0.29, 0.717) is 0 Å². The predicted octanol–water partition coefficient (Wildman–Crippen LogP) is 0.415. The molecule has 0 unspecified atom stereocenters. The average Bonchev–Trinajstić information content (AvgIpc) is 2.40. The third kappa shape index (κ3) is 2.00. The number of carbonyl (C=O) groups excluding carboxylic acids is 2. The molecule has 1 atom stereocenters. The minimum atomic E-state index is -3.00. The monoisotopic (exact) mass is 207 g/mol. The minimum absolute atomic E-state index is 0.544. The summed E-state index contributed by atoms with van der Waals surface area (Å²) in [4.78, 5) is 22.9. The Morgan fingerprint density at radius 1 is 1.50 bits per heavy atom. The van der Waals surface area contributed by atoms with Crippen LogP contribution in [0.4, 0.5) is 8.78 Å². The summed E-state index contributed by atoms with van der Waals surface area (Å²) in [5.41, 5.74) is 0. The van der Waals surface area contributed by atoms with Crippen LogP contribution < -0.4 is 0 Å². The molecule has 14 heavy (non-hydrogen) atoms. The lowest BCUT2D eigenvalue weighted by atomic mass is 10.2. The number of esters is 1. The third-order valence-electron chi connectivity index (χ3n) is 2.15. The van der Waals surface area contributed by atoms with E-state index in [1.165, 1.54) is 0 Å². The molecule has 1 heterocycles. The van der Waals surface area contributed by atoms with E-state index in [1.54, 1.807) is 0 Å². The van der Waals surface area contributed by atoms with Gasteiger partial charge in [-0.15, -0.1) is 0 Å². The summed E-state index contributed by atoms with van der Waals surface area (Å²) in [6, 6.07) is -1.15. The molecule has 1 rings (SSSR count). The molecule has 1 saturated heterocycles. The first-order valence-corrected chi connectivity index (χ1v) is 4.10. The smallest absolute Gasteiger partial charge is 0.328 e. The van der Waals surface area contributed by atoms with Gasteiger partial charge < -0.3 is 9.64 Å². The van der Waals surface area contributed by atoms with Crippen LogP contribution in [0.25, 0.3) is 0 Å². The second-order valence-corrected chi connectivity index (χ2v) is 3.25. The van der Waals surface area contributed by atoms with E-state index in [-0.39, 0.29) is 0 Å². The zero-order valence-electron chi connectivity index (χ0n) is 7.92. The van der Waals surface area contributed by atoms with E-state index in [4.69, 9.17) is 0 Å². The van der Waals surface area contributed by atoms with Crippen molar-refractivity contribution in [3.63, 3.8) is 0 Å². The molecule has 1 aliphatic rings. The first-order chi connectivity index (χ1) is 6.37. The quantitative estimate of drug-likeness (QED) is 0.585. The zero-order valence-corrected chi connectivity index (χ0v) is 7.92. The van der Waals surface area contributed by atoms with Crippen LogP contribution in [0.15, 0.2) is 0 Å². The molecule has 80 valence electrons. The number of methoxy groups -OCH3 is 1. The summed E-state index contributed by atoms with van der Waals surface area (Å²) < 4.78 is 30.1. The van der Waals surface area contributed by atoms with Crippen LogP contribution in [0.2, 0.25) is 0 Å². The van der Waals surface area contributed by atoms with Crippen LogP contribution in [-0.4, -0.2) is 42.4 Å². The molecule has 0 spiro atoms. The van der Waals surface area contributed by atoms with Crippen molar-refractivity contribution in [1.29, 1.82) is 0 Å².